The molecule has 9 nitrogen and oxygen atoms in total. The first-order valence-corrected chi connectivity index (χ1v) is 11.4. The molecule has 0 aromatic carbocycles. The Morgan fingerprint density at radius 3 is 3.16 bits per heavy atom. The summed E-state index contributed by atoms with van der Waals surface area (Å²) in [6.07, 6.45) is 6.90. The van der Waals surface area contributed by atoms with Gasteiger partial charge in [-0.15, -0.1) is 11.3 Å². The summed E-state index contributed by atoms with van der Waals surface area (Å²) in [4.78, 5) is 28.9. The molecular weight excluding hydrogens is 414 g/mol. The molecule has 2 aliphatic rings. The van der Waals surface area contributed by atoms with Crippen LogP contribution >= 0.6 is 11.3 Å². The molecule has 0 spiro atoms. The molecule has 1 saturated heterocycles. The maximum Gasteiger partial charge on any atom is 0.273 e. The first-order chi connectivity index (χ1) is 15.1. The fourth-order valence-electron chi connectivity index (χ4n) is 4.63. The summed E-state index contributed by atoms with van der Waals surface area (Å²) in [6.45, 7) is 3.16. The molecule has 0 bridgehead atoms. The van der Waals surface area contributed by atoms with Crippen molar-refractivity contribution in [2.45, 2.75) is 38.5 Å². The molecule has 2 unspecified atom stereocenters. The SMILES string of the molecule is CCN(C)C1OC1[C@H]1CCc2c(sc3ncnc(Nc4cc5cn[nH]c5[nH]c4=O)c23)C1. The van der Waals surface area contributed by atoms with Crippen LogP contribution in [0.5, 0.6) is 0 Å². The Labute approximate surface area is 181 Å². The Balaban J connectivity index is 1.32. The van der Waals surface area contributed by atoms with Crippen LogP contribution in [0, 0.1) is 5.92 Å². The number of ether oxygens (including phenoxy) is 1. The van der Waals surface area contributed by atoms with Gasteiger partial charge in [-0.25, -0.2) is 9.97 Å². The highest BCUT2D eigenvalue weighted by molar-refractivity contribution is 7.19. The van der Waals surface area contributed by atoms with Crippen molar-refractivity contribution in [1.82, 2.24) is 30.0 Å². The summed E-state index contributed by atoms with van der Waals surface area (Å²) >= 11 is 1.74. The number of H-pyrrole nitrogens is 2. The van der Waals surface area contributed by atoms with Gasteiger partial charge < -0.3 is 15.0 Å². The number of pyridine rings is 1. The maximum absolute atomic E-state index is 12.5. The Bertz CT molecular complexity index is 1340. The molecule has 6 rings (SSSR count). The van der Waals surface area contributed by atoms with Gasteiger partial charge in [0.2, 0.25) is 0 Å². The number of hydrogen-bond acceptors (Lipinski definition) is 8. The molecule has 0 radical (unpaired) electrons. The van der Waals surface area contributed by atoms with E-state index in [0.29, 0.717) is 29.2 Å². The van der Waals surface area contributed by atoms with Crippen LogP contribution in [-0.4, -0.2) is 56.0 Å². The number of nitrogens with one attached hydrogen (secondary N) is 3. The molecule has 31 heavy (non-hydrogen) atoms. The van der Waals surface area contributed by atoms with Gasteiger partial charge in [0.15, 0.2) is 0 Å². The van der Waals surface area contributed by atoms with E-state index in [1.165, 1.54) is 10.4 Å². The van der Waals surface area contributed by atoms with Crippen LogP contribution in [0.25, 0.3) is 21.3 Å². The number of epoxide rings is 1. The van der Waals surface area contributed by atoms with Crippen molar-refractivity contribution in [3.63, 3.8) is 0 Å². The largest absolute Gasteiger partial charge is 0.353 e. The van der Waals surface area contributed by atoms with Crippen LogP contribution in [0.1, 0.15) is 23.8 Å². The van der Waals surface area contributed by atoms with Gasteiger partial charge in [-0.05, 0) is 50.4 Å². The second-order valence-corrected chi connectivity index (χ2v) is 9.39. The van der Waals surface area contributed by atoms with Crippen LogP contribution in [0.2, 0.25) is 0 Å². The number of fused-ring (bicyclic) bond motifs is 4. The molecule has 1 aliphatic carbocycles. The van der Waals surface area contributed by atoms with Crippen LogP contribution < -0.4 is 10.9 Å². The lowest BCUT2D eigenvalue weighted by molar-refractivity contribution is 0.214. The minimum atomic E-state index is -0.218. The topological polar surface area (TPSA) is 115 Å². The number of aromatic nitrogens is 5. The van der Waals surface area contributed by atoms with Gasteiger partial charge in [-0.3, -0.25) is 14.8 Å². The average molecular weight is 438 g/mol. The molecule has 4 aromatic rings. The van der Waals surface area contributed by atoms with Crippen LogP contribution in [-0.2, 0) is 17.6 Å². The van der Waals surface area contributed by atoms with E-state index in [2.05, 4.69) is 49.3 Å². The fraction of sp³-hybridized carbons (Fsp3) is 0.429. The quantitative estimate of drug-likeness (QED) is 0.411. The Hall–Kier alpha value is -2.82. The lowest BCUT2D eigenvalue weighted by Gasteiger charge is -2.21. The zero-order valence-electron chi connectivity index (χ0n) is 17.3. The average Bonchev–Trinajstić information content (AvgIpc) is 3.30. The number of hydrogen-bond donors (Lipinski definition) is 3. The van der Waals surface area contributed by atoms with Crippen molar-refractivity contribution in [1.29, 1.82) is 0 Å². The van der Waals surface area contributed by atoms with E-state index in [0.717, 1.165) is 41.4 Å². The third-order valence-corrected chi connectivity index (χ3v) is 7.65. The normalized spacial score (nSPS) is 22.9. The number of rotatable bonds is 5. The second-order valence-electron chi connectivity index (χ2n) is 8.31. The number of aromatic amines is 2. The third-order valence-electron chi connectivity index (χ3n) is 6.49. The molecule has 3 atom stereocenters. The lowest BCUT2D eigenvalue weighted by atomic mass is 9.85. The van der Waals surface area contributed by atoms with Gasteiger partial charge in [0, 0.05) is 10.3 Å². The van der Waals surface area contributed by atoms with Crippen molar-refractivity contribution in [2.75, 3.05) is 18.9 Å². The van der Waals surface area contributed by atoms with Crippen molar-refractivity contribution >= 4 is 44.1 Å². The predicted molar refractivity (Wildman–Crippen MR) is 120 cm³/mol. The van der Waals surface area contributed by atoms with Crippen LogP contribution in [0.4, 0.5) is 11.5 Å². The third kappa shape index (κ3) is 3.13. The number of nitrogens with zero attached hydrogens (tertiary/aromatic N) is 4. The minimum Gasteiger partial charge on any atom is -0.353 e. The zero-order chi connectivity index (χ0) is 21.1. The molecule has 1 fully saturated rings. The van der Waals surface area contributed by atoms with Gasteiger partial charge in [-0.2, -0.15) is 5.10 Å². The van der Waals surface area contributed by atoms with Gasteiger partial charge in [-0.1, -0.05) is 6.92 Å². The van der Waals surface area contributed by atoms with Crippen molar-refractivity contribution in [2.24, 2.45) is 5.92 Å². The van der Waals surface area contributed by atoms with E-state index in [9.17, 15) is 4.79 Å². The standard InChI is InChI=1S/C21H23N7O2S/c1-3-28(2)21-16(30-21)10-4-5-12-14(7-10)31-20-15(12)18(22-9-23-20)25-13-6-11-8-24-27-17(11)26-19(13)29/h6,8-10,16,21H,3-5,7H2,1-2H3,(H,22,23,25)(H2,24,26,27,29)/t10-,16?,21?/m0/s1. The number of likely N-dealkylation sites (N-methyl/N-ethyl adjacent to an activating group) is 1. The van der Waals surface area contributed by atoms with Crippen molar-refractivity contribution in [3.05, 3.63) is 39.4 Å². The number of anilines is 2. The summed E-state index contributed by atoms with van der Waals surface area (Å²) in [5.74, 6) is 1.22. The first kappa shape index (κ1) is 18.9. The number of thiophene rings is 1. The first-order valence-electron chi connectivity index (χ1n) is 10.6. The molecule has 5 heterocycles. The number of aryl methyl sites for hydroxylation is 1. The maximum atomic E-state index is 12.5. The molecular formula is C21H23N7O2S. The van der Waals surface area contributed by atoms with E-state index in [-0.39, 0.29) is 11.8 Å². The van der Waals surface area contributed by atoms with E-state index >= 15 is 0 Å². The fourth-order valence-corrected chi connectivity index (χ4v) is 5.91. The molecule has 4 aromatic heterocycles. The van der Waals surface area contributed by atoms with Crippen molar-refractivity contribution in [3.8, 4) is 0 Å². The zero-order valence-corrected chi connectivity index (χ0v) is 18.1. The van der Waals surface area contributed by atoms with Gasteiger partial charge in [0.25, 0.3) is 5.56 Å². The summed E-state index contributed by atoms with van der Waals surface area (Å²) in [6, 6.07) is 1.79. The molecule has 0 saturated carbocycles. The summed E-state index contributed by atoms with van der Waals surface area (Å²) in [5, 5.41) is 11.9. The van der Waals surface area contributed by atoms with Crippen molar-refractivity contribution < 1.29 is 4.74 Å². The smallest absolute Gasteiger partial charge is 0.273 e. The summed E-state index contributed by atoms with van der Waals surface area (Å²) < 4.78 is 5.99. The minimum absolute atomic E-state index is 0.218. The molecule has 3 N–H and O–H groups in total. The van der Waals surface area contributed by atoms with Gasteiger partial charge in [0.1, 0.15) is 40.6 Å². The summed E-state index contributed by atoms with van der Waals surface area (Å²) in [7, 11) is 2.12. The Morgan fingerprint density at radius 2 is 2.29 bits per heavy atom. The highest BCUT2D eigenvalue weighted by Crippen LogP contribution is 2.44. The molecule has 160 valence electrons. The lowest BCUT2D eigenvalue weighted by Crippen LogP contribution is -2.27. The van der Waals surface area contributed by atoms with E-state index in [1.54, 1.807) is 29.9 Å². The highest BCUT2D eigenvalue weighted by atomic mass is 32.1. The molecule has 10 heteroatoms. The second kappa shape index (κ2) is 7.11. The van der Waals surface area contributed by atoms with E-state index in [4.69, 9.17) is 4.74 Å². The highest BCUT2D eigenvalue weighted by Gasteiger charge is 2.47. The summed E-state index contributed by atoms with van der Waals surface area (Å²) in [5.41, 5.74) is 2.14. The van der Waals surface area contributed by atoms with E-state index < -0.39 is 0 Å². The Kier molecular flexibility index (Phi) is 4.34. The van der Waals surface area contributed by atoms with Crippen LogP contribution in [0.15, 0.2) is 23.4 Å². The van der Waals surface area contributed by atoms with Crippen LogP contribution in [0.3, 0.4) is 0 Å². The monoisotopic (exact) mass is 437 g/mol. The Morgan fingerprint density at radius 1 is 1.39 bits per heavy atom. The molecule has 1 aliphatic heterocycles. The van der Waals surface area contributed by atoms with Gasteiger partial charge in [0.05, 0.1) is 11.6 Å². The predicted octanol–water partition coefficient (Wildman–Crippen LogP) is 2.78. The van der Waals surface area contributed by atoms with Gasteiger partial charge >= 0.3 is 0 Å². The molecule has 0 amide bonds. The van der Waals surface area contributed by atoms with E-state index in [1.807, 2.05) is 0 Å².